The lowest BCUT2D eigenvalue weighted by Gasteiger charge is -2.25. The Balaban J connectivity index is 1.60. The lowest BCUT2D eigenvalue weighted by atomic mass is 10.1. The van der Waals surface area contributed by atoms with Crippen molar-refractivity contribution in [1.82, 2.24) is 14.9 Å². The number of piperidine rings is 1. The van der Waals surface area contributed by atoms with E-state index in [0.717, 1.165) is 43.9 Å². The Kier molecular flexibility index (Phi) is 7.87. The number of hydrogen-bond donors (Lipinski definition) is 2. The van der Waals surface area contributed by atoms with Crippen molar-refractivity contribution in [2.75, 3.05) is 31.9 Å². The number of rotatable bonds is 7. The fourth-order valence-electron chi connectivity index (χ4n) is 3.78. The molecule has 0 aromatic heterocycles. The molecule has 2 heterocycles. The average Bonchev–Trinajstić information content (AvgIpc) is 3.18. The molecule has 0 bridgehead atoms. The van der Waals surface area contributed by atoms with Crippen LogP contribution in [0.15, 0.2) is 34.2 Å². The summed E-state index contributed by atoms with van der Waals surface area (Å²) in [7, 11) is -3.37. The lowest BCUT2D eigenvalue weighted by Crippen LogP contribution is -2.43. The molecule has 3 rings (SSSR count). The monoisotopic (exact) mass is 438 g/mol. The molecule has 162 valence electrons. The van der Waals surface area contributed by atoms with Gasteiger partial charge >= 0.3 is 0 Å². The molecule has 2 aliphatic heterocycles. The molecule has 0 saturated carbocycles. The maximum atomic E-state index is 12.8. The summed E-state index contributed by atoms with van der Waals surface area (Å²) in [6.07, 6.45) is 5.52. The minimum Gasteiger partial charge on any atom is -0.357 e. The van der Waals surface area contributed by atoms with Gasteiger partial charge < -0.3 is 10.6 Å². The first-order valence-corrected chi connectivity index (χ1v) is 13.1. The van der Waals surface area contributed by atoms with Crippen molar-refractivity contribution in [1.29, 1.82) is 0 Å². The summed E-state index contributed by atoms with van der Waals surface area (Å²) in [5, 5.41) is 6.77. The van der Waals surface area contributed by atoms with Gasteiger partial charge in [0.2, 0.25) is 10.0 Å². The molecular formula is C21H34N4O2S2. The third kappa shape index (κ3) is 6.12. The van der Waals surface area contributed by atoms with E-state index in [9.17, 15) is 8.42 Å². The average molecular weight is 439 g/mol. The molecule has 2 saturated heterocycles. The van der Waals surface area contributed by atoms with E-state index >= 15 is 0 Å². The molecule has 0 radical (unpaired) electrons. The fourth-order valence-corrected chi connectivity index (χ4v) is 6.54. The zero-order valence-corrected chi connectivity index (χ0v) is 19.2. The van der Waals surface area contributed by atoms with Gasteiger partial charge in [0.15, 0.2) is 5.96 Å². The van der Waals surface area contributed by atoms with Crippen LogP contribution in [-0.2, 0) is 16.6 Å². The van der Waals surface area contributed by atoms with Gasteiger partial charge in [-0.1, -0.05) is 18.6 Å². The summed E-state index contributed by atoms with van der Waals surface area (Å²) in [4.78, 5) is 5.06. The van der Waals surface area contributed by atoms with Gasteiger partial charge in [0, 0.05) is 30.9 Å². The number of benzene rings is 1. The standard InChI is InChI=1S/C21H34N4O2S2/c1-3-22-20(24-17-21(2)12-7-15-28-21)23-16-18-8-10-19(11-9-18)29(26,27)25-13-5-4-6-14-25/h8-11H,3-7,12-17H2,1-2H3,(H2,22,23,24). The minimum atomic E-state index is -3.37. The largest absolute Gasteiger partial charge is 0.357 e. The van der Waals surface area contributed by atoms with E-state index in [4.69, 9.17) is 0 Å². The van der Waals surface area contributed by atoms with Gasteiger partial charge in [-0.2, -0.15) is 16.1 Å². The van der Waals surface area contributed by atoms with Crippen molar-refractivity contribution in [3.63, 3.8) is 0 Å². The quantitative estimate of drug-likeness (QED) is 0.505. The summed E-state index contributed by atoms with van der Waals surface area (Å²) >= 11 is 2.03. The highest BCUT2D eigenvalue weighted by Crippen LogP contribution is 2.36. The van der Waals surface area contributed by atoms with Crippen LogP contribution in [0.25, 0.3) is 0 Å². The first-order valence-electron chi connectivity index (χ1n) is 10.7. The number of thioether (sulfide) groups is 1. The molecule has 1 aromatic carbocycles. The molecule has 0 spiro atoms. The van der Waals surface area contributed by atoms with E-state index in [1.807, 2.05) is 23.9 Å². The van der Waals surface area contributed by atoms with Crippen LogP contribution in [0, 0.1) is 0 Å². The first kappa shape index (κ1) is 22.4. The topological polar surface area (TPSA) is 73.8 Å². The van der Waals surface area contributed by atoms with Gasteiger partial charge in [-0.3, -0.25) is 0 Å². The van der Waals surface area contributed by atoms with Crippen LogP contribution in [0.1, 0.15) is 51.5 Å². The molecule has 2 aliphatic rings. The van der Waals surface area contributed by atoms with E-state index < -0.39 is 10.0 Å². The summed E-state index contributed by atoms with van der Waals surface area (Å²) in [6, 6.07) is 7.17. The predicted molar refractivity (Wildman–Crippen MR) is 122 cm³/mol. The Bertz CT molecular complexity index is 781. The molecule has 29 heavy (non-hydrogen) atoms. The van der Waals surface area contributed by atoms with E-state index in [2.05, 4.69) is 29.5 Å². The third-order valence-electron chi connectivity index (χ3n) is 5.57. The second-order valence-corrected chi connectivity index (χ2v) is 11.7. The van der Waals surface area contributed by atoms with Crippen LogP contribution in [0.2, 0.25) is 0 Å². The molecule has 8 heteroatoms. The van der Waals surface area contributed by atoms with Crippen LogP contribution in [0.3, 0.4) is 0 Å². The summed E-state index contributed by atoms with van der Waals surface area (Å²) in [5.74, 6) is 2.05. The number of hydrogen-bond acceptors (Lipinski definition) is 4. The molecule has 0 amide bonds. The van der Waals surface area contributed by atoms with Gasteiger partial charge in [0.1, 0.15) is 0 Å². The fraction of sp³-hybridized carbons (Fsp3) is 0.667. The zero-order valence-electron chi connectivity index (χ0n) is 17.6. The SMILES string of the molecule is CCNC(=NCc1ccc(S(=O)(=O)N2CCCCC2)cc1)NCC1(C)CCCS1. The third-order valence-corrected chi connectivity index (χ3v) is 9.02. The van der Waals surface area contributed by atoms with E-state index in [0.29, 0.717) is 24.5 Å². The molecular weight excluding hydrogens is 404 g/mol. The summed E-state index contributed by atoms with van der Waals surface area (Å²) in [5.41, 5.74) is 1.00. The number of nitrogens with one attached hydrogen (secondary N) is 2. The predicted octanol–water partition coefficient (Wildman–Crippen LogP) is 3.20. The Morgan fingerprint density at radius 3 is 2.48 bits per heavy atom. The van der Waals surface area contributed by atoms with Gasteiger partial charge in [-0.05, 0) is 63.0 Å². The molecule has 2 fully saturated rings. The van der Waals surface area contributed by atoms with E-state index in [-0.39, 0.29) is 4.75 Å². The second-order valence-electron chi connectivity index (χ2n) is 8.06. The number of sulfonamides is 1. The van der Waals surface area contributed by atoms with Crippen molar-refractivity contribution >= 4 is 27.7 Å². The molecule has 1 aromatic rings. The molecule has 2 N–H and O–H groups in total. The normalized spacial score (nSPS) is 23.9. The van der Waals surface area contributed by atoms with Crippen molar-refractivity contribution in [3.8, 4) is 0 Å². The zero-order chi connectivity index (χ0) is 20.7. The van der Waals surface area contributed by atoms with Gasteiger partial charge in [0.25, 0.3) is 0 Å². The van der Waals surface area contributed by atoms with Crippen LogP contribution in [0.4, 0.5) is 0 Å². The molecule has 1 unspecified atom stereocenters. The first-order chi connectivity index (χ1) is 13.9. The van der Waals surface area contributed by atoms with E-state index in [1.165, 1.54) is 18.6 Å². The number of nitrogens with zero attached hydrogens (tertiary/aromatic N) is 2. The number of aliphatic imine (C=N–C) groups is 1. The van der Waals surface area contributed by atoms with Gasteiger partial charge in [-0.25, -0.2) is 13.4 Å². The lowest BCUT2D eigenvalue weighted by molar-refractivity contribution is 0.346. The molecule has 1 atom stereocenters. The Hall–Kier alpha value is -1.25. The highest BCUT2D eigenvalue weighted by molar-refractivity contribution is 8.00. The number of guanidine groups is 1. The van der Waals surface area contributed by atoms with E-state index in [1.54, 1.807) is 16.4 Å². The smallest absolute Gasteiger partial charge is 0.243 e. The summed E-state index contributed by atoms with van der Waals surface area (Å²) < 4.78 is 27.4. The van der Waals surface area contributed by atoms with Crippen molar-refractivity contribution in [3.05, 3.63) is 29.8 Å². The van der Waals surface area contributed by atoms with Crippen LogP contribution >= 0.6 is 11.8 Å². The molecule has 0 aliphatic carbocycles. The Morgan fingerprint density at radius 2 is 1.86 bits per heavy atom. The van der Waals surface area contributed by atoms with Crippen molar-refractivity contribution in [2.24, 2.45) is 4.99 Å². The minimum absolute atomic E-state index is 0.278. The van der Waals surface area contributed by atoms with Crippen molar-refractivity contribution in [2.45, 2.75) is 62.1 Å². The van der Waals surface area contributed by atoms with Crippen LogP contribution in [0.5, 0.6) is 0 Å². The molecule has 6 nitrogen and oxygen atoms in total. The summed E-state index contributed by atoms with van der Waals surface area (Å²) in [6.45, 7) is 7.85. The van der Waals surface area contributed by atoms with Gasteiger partial charge in [0.05, 0.1) is 11.4 Å². The maximum absolute atomic E-state index is 12.8. The second kappa shape index (κ2) is 10.2. The highest BCUT2D eigenvalue weighted by atomic mass is 32.2. The van der Waals surface area contributed by atoms with Crippen LogP contribution < -0.4 is 10.6 Å². The Labute approximate surface area is 180 Å². The van der Waals surface area contributed by atoms with Gasteiger partial charge in [-0.15, -0.1) is 0 Å². The van der Waals surface area contributed by atoms with Crippen LogP contribution in [-0.4, -0.2) is 55.4 Å². The Morgan fingerprint density at radius 1 is 1.14 bits per heavy atom. The van der Waals surface area contributed by atoms with Crippen molar-refractivity contribution < 1.29 is 8.42 Å². The highest BCUT2D eigenvalue weighted by Gasteiger charge is 2.29. The maximum Gasteiger partial charge on any atom is 0.243 e.